The van der Waals surface area contributed by atoms with Crippen molar-refractivity contribution in [2.24, 2.45) is 0 Å². The summed E-state index contributed by atoms with van der Waals surface area (Å²) in [5.41, 5.74) is 0. The third-order valence-corrected chi connectivity index (χ3v) is 3.20. The first-order chi connectivity index (χ1) is 5.16. The number of thiocarbonyl (C=S) groups is 1. The fraction of sp³-hybridized carbons (Fsp3) is 0.714. The second-order valence-corrected chi connectivity index (χ2v) is 4.18. The van der Waals surface area contributed by atoms with Gasteiger partial charge in [-0.25, -0.2) is 0 Å². The first-order valence-electron chi connectivity index (χ1n) is 3.65. The summed E-state index contributed by atoms with van der Waals surface area (Å²) in [7, 11) is 0. The van der Waals surface area contributed by atoms with Crippen LogP contribution in [0.1, 0.15) is 20.3 Å². The van der Waals surface area contributed by atoms with Crippen molar-refractivity contribution in [1.29, 1.82) is 0 Å². The van der Waals surface area contributed by atoms with Crippen LogP contribution in [-0.4, -0.2) is 26.9 Å². The minimum absolute atomic E-state index is 0.161. The van der Waals surface area contributed by atoms with Gasteiger partial charge in [-0.15, -0.1) is 0 Å². The zero-order valence-electron chi connectivity index (χ0n) is 6.66. The maximum Gasteiger partial charge on any atom is 0.238 e. The molecular formula is C7H11NOS2. The SMILES string of the molecule is CC[C@@H](C)N1C(=O)CSC1=S. The molecule has 0 unspecified atom stereocenters. The lowest BCUT2D eigenvalue weighted by Gasteiger charge is -2.21. The highest BCUT2D eigenvalue weighted by molar-refractivity contribution is 8.23. The molecule has 0 N–H and O–H groups in total. The number of amides is 1. The molecule has 0 saturated carbocycles. The van der Waals surface area contributed by atoms with Crippen LogP contribution < -0.4 is 0 Å². The molecule has 11 heavy (non-hydrogen) atoms. The first kappa shape index (κ1) is 9.00. The van der Waals surface area contributed by atoms with E-state index in [9.17, 15) is 4.79 Å². The van der Waals surface area contributed by atoms with E-state index < -0.39 is 0 Å². The van der Waals surface area contributed by atoms with Crippen LogP contribution >= 0.6 is 24.0 Å². The molecule has 4 heteroatoms. The van der Waals surface area contributed by atoms with Crippen LogP contribution in [0, 0.1) is 0 Å². The molecule has 2 nitrogen and oxygen atoms in total. The highest BCUT2D eigenvalue weighted by Crippen LogP contribution is 2.22. The maximum atomic E-state index is 11.2. The van der Waals surface area contributed by atoms with Gasteiger partial charge in [-0.1, -0.05) is 30.9 Å². The topological polar surface area (TPSA) is 20.3 Å². The van der Waals surface area contributed by atoms with Gasteiger partial charge in [0.1, 0.15) is 4.32 Å². The van der Waals surface area contributed by atoms with Crippen molar-refractivity contribution in [2.45, 2.75) is 26.3 Å². The molecule has 0 aromatic carbocycles. The van der Waals surface area contributed by atoms with E-state index in [1.165, 1.54) is 11.8 Å². The van der Waals surface area contributed by atoms with Crippen molar-refractivity contribution in [3.63, 3.8) is 0 Å². The largest absolute Gasteiger partial charge is 0.294 e. The molecule has 0 aliphatic carbocycles. The van der Waals surface area contributed by atoms with Crippen molar-refractivity contribution in [3.8, 4) is 0 Å². The first-order valence-corrected chi connectivity index (χ1v) is 5.05. The van der Waals surface area contributed by atoms with Gasteiger partial charge in [-0.2, -0.15) is 0 Å². The molecule has 0 aromatic heterocycles. The van der Waals surface area contributed by atoms with Gasteiger partial charge in [0.05, 0.1) is 5.75 Å². The molecular weight excluding hydrogens is 178 g/mol. The molecule has 62 valence electrons. The third kappa shape index (κ3) is 1.73. The lowest BCUT2D eigenvalue weighted by atomic mass is 10.2. The van der Waals surface area contributed by atoms with Crippen molar-refractivity contribution in [2.75, 3.05) is 5.75 Å². The highest BCUT2D eigenvalue weighted by Gasteiger charge is 2.29. The van der Waals surface area contributed by atoms with Crippen LogP contribution in [0.4, 0.5) is 0 Å². The van der Waals surface area contributed by atoms with Crippen LogP contribution in [-0.2, 0) is 4.79 Å². The minimum Gasteiger partial charge on any atom is -0.294 e. The normalized spacial score (nSPS) is 21.1. The summed E-state index contributed by atoms with van der Waals surface area (Å²) in [5.74, 6) is 0.692. The van der Waals surface area contributed by atoms with Gasteiger partial charge in [0, 0.05) is 6.04 Å². The zero-order chi connectivity index (χ0) is 8.43. The molecule has 1 aliphatic rings. The van der Waals surface area contributed by atoms with Crippen LogP contribution in [0.5, 0.6) is 0 Å². The molecule has 1 rings (SSSR count). The Hall–Kier alpha value is -0.0900. The van der Waals surface area contributed by atoms with Crippen molar-refractivity contribution >= 4 is 34.2 Å². The van der Waals surface area contributed by atoms with E-state index in [4.69, 9.17) is 12.2 Å². The number of hydrogen-bond acceptors (Lipinski definition) is 3. The van der Waals surface area contributed by atoms with E-state index in [1.807, 2.05) is 6.92 Å². The Morgan fingerprint density at radius 1 is 1.82 bits per heavy atom. The summed E-state index contributed by atoms with van der Waals surface area (Å²) >= 11 is 6.49. The predicted molar refractivity (Wildman–Crippen MR) is 51.7 cm³/mol. The molecule has 0 aromatic rings. The van der Waals surface area contributed by atoms with Gasteiger partial charge >= 0.3 is 0 Å². The Morgan fingerprint density at radius 2 is 2.45 bits per heavy atom. The molecule has 1 atom stereocenters. The van der Waals surface area contributed by atoms with E-state index >= 15 is 0 Å². The van der Waals surface area contributed by atoms with Gasteiger partial charge in [-0.05, 0) is 13.3 Å². The van der Waals surface area contributed by atoms with Gasteiger partial charge < -0.3 is 0 Å². The molecule has 1 fully saturated rings. The second-order valence-electron chi connectivity index (χ2n) is 2.58. The average Bonchev–Trinajstić information content (AvgIpc) is 2.30. The summed E-state index contributed by atoms with van der Waals surface area (Å²) in [4.78, 5) is 12.9. The summed E-state index contributed by atoms with van der Waals surface area (Å²) in [6.45, 7) is 4.08. The molecule has 0 spiro atoms. The number of carbonyl (C=O) groups is 1. The van der Waals surface area contributed by atoms with Crippen molar-refractivity contribution in [3.05, 3.63) is 0 Å². The lowest BCUT2D eigenvalue weighted by Crippen LogP contribution is -2.36. The predicted octanol–water partition coefficient (Wildman–Crippen LogP) is 1.65. The maximum absolute atomic E-state index is 11.2. The van der Waals surface area contributed by atoms with E-state index in [0.29, 0.717) is 5.75 Å². The average molecular weight is 189 g/mol. The Kier molecular flexibility index (Phi) is 2.90. The van der Waals surface area contributed by atoms with Gasteiger partial charge in [0.15, 0.2) is 0 Å². The Labute approximate surface area is 76.3 Å². The van der Waals surface area contributed by atoms with Crippen LogP contribution in [0.25, 0.3) is 0 Å². The molecule has 1 saturated heterocycles. The van der Waals surface area contributed by atoms with Crippen LogP contribution in [0.3, 0.4) is 0 Å². The number of carbonyl (C=O) groups excluding carboxylic acids is 1. The van der Waals surface area contributed by atoms with Gasteiger partial charge in [-0.3, -0.25) is 9.69 Å². The lowest BCUT2D eigenvalue weighted by molar-refractivity contribution is -0.125. The summed E-state index contributed by atoms with van der Waals surface area (Å²) < 4.78 is 0.740. The monoisotopic (exact) mass is 189 g/mol. The second kappa shape index (κ2) is 3.54. The van der Waals surface area contributed by atoms with E-state index in [0.717, 1.165) is 10.7 Å². The van der Waals surface area contributed by atoms with Crippen molar-refractivity contribution in [1.82, 2.24) is 4.90 Å². The van der Waals surface area contributed by atoms with E-state index in [2.05, 4.69) is 6.92 Å². The highest BCUT2D eigenvalue weighted by atomic mass is 32.2. The third-order valence-electron chi connectivity index (χ3n) is 1.82. The number of rotatable bonds is 2. The number of thioether (sulfide) groups is 1. The molecule has 0 radical (unpaired) electrons. The summed E-state index contributed by atoms with van der Waals surface area (Å²) in [5, 5.41) is 0. The van der Waals surface area contributed by atoms with Crippen molar-refractivity contribution < 1.29 is 4.79 Å². The van der Waals surface area contributed by atoms with E-state index in [1.54, 1.807) is 4.90 Å². The molecule has 1 aliphatic heterocycles. The van der Waals surface area contributed by atoms with Gasteiger partial charge in [0.2, 0.25) is 5.91 Å². The molecule has 1 heterocycles. The molecule has 1 amide bonds. The minimum atomic E-state index is 0.161. The van der Waals surface area contributed by atoms with Gasteiger partial charge in [0.25, 0.3) is 0 Å². The zero-order valence-corrected chi connectivity index (χ0v) is 8.30. The number of nitrogens with zero attached hydrogens (tertiary/aromatic N) is 1. The summed E-state index contributed by atoms with van der Waals surface area (Å²) in [6.07, 6.45) is 0.965. The molecule has 0 bridgehead atoms. The quantitative estimate of drug-likeness (QED) is 0.616. The standard InChI is InChI=1S/C7H11NOS2/c1-3-5(2)8-6(9)4-11-7(8)10/h5H,3-4H2,1-2H3/t5-/m1/s1. The number of hydrogen-bond donors (Lipinski definition) is 0. The fourth-order valence-corrected chi connectivity index (χ4v) is 2.24. The summed E-state index contributed by atoms with van der Waals surface area (Å²) in [6, 6.07) is 0.269. The fourth-order valence-electron chi connectivity index (χ4n) is 0.973. The Bertz CT molecular complexity index is 177. The smallest absolute Gasteiger partial charge is 0.238 e. The van der Waals surface area contributed by atoms with Crippen LogP contribution in [0.2, 0.25) is 0 Å². The van der Waals surface area contributed by atoms with Crippen LogP contribution in [0.15, 0.2) is 0 Å². The Morgan fingerprint density at radius 3 is 2.82 bits per heavy atom. The Balaban J connectivity index is 2.68. The van der Waals surface area contributed by atoms with E-state index in [-0.39, 0.29) is 11.9 Å².